The van der Waals surface area contributed by atoms with Crippen LogP contribution in [-0.4, -0.2) is 45.7 Å². The summed E-state index contributed by atoms with van der Waals surface area (Å²) in [5.74, 6) is -0.772. The summed E-state index contributed by atoms with van der Waals surface area (Å²) in [5, 5.41) is 8.17. The van der Waals surface area contributed by atoms with Crippen LogP contribution in [0.15, 0.2) is 54.2 Å². The molecule has 3 rings (SSSR count). The van der Waals surface area contributed by atoms with Gasteiger partial charge in [0, 0.05) is 41.4 Å². The zero-order chi connectivity index (χ0) is 23.6. The number of aromatic nitrogens is 2. The zero-order valence-corrected chi connectivity index (χ0v) is 19.7. The van der Waals surface area contributed by atoms with Gasteiger partial charge in [0.05, 0.1) is 12.1 Å². The number of nitrogens with zero attached hydrogens (tertiary/aromatic N) is 3. The molecule has 3 aromatic rings. The van der Waals surface area contributed by atoms with Gasteiger partial charge in [0.1, 0.15) is 6.54 Å². The van der Waals surface area contributed by atoms with Crippen molar-refractivity contribution >= 4 is 45.8 Å². The van der Waals surface area contributed by atoms with Crippen LogP contribution in [0.1, 0.15) is 35.0 Å². The van der Waals surface area contributed by atoms with Crippen LogP contribution in [0.5, 0.6) is 0 Å². The second kappa shape index (κ2) is 12.1. The molecule has 0 saturated heterocycles. The third-order valence-electron chi connectivity index (χ3n) is 4.56. The van der Waals surface area contributed by atoms with E-state index >= 15 is 0 Å². The van der Waals surface area contributed by atoms with Crippen molar-refractivity contribution in [1.82, 2.24) is 20.2 Å². The van der Waals surface area contributed by atoms with Crippen molar-refractivity contribution in [2.45, 2.75) is 26.3 Å². The number of hydrogen-bond donors (Lipinski definition) is 2. The van der Waals surface area contributed by atoms with Crippen LogP contribution in [0.25, 0.3) is 0 Å². The molecule has 0 unspecified atom stereocenters. The molecule has 0 saturated carbocycles. The molecule has 0 fully saturated rings. The van der Waals surface area contributed by atoms with Gasteiger partial charge in [0.15, 0.2) is 5.13 Å². The number of carbonyl (C=O) groups excluding carboxylic acids is 3. The second-order valence-electron chi connectivity index (χ2n) is 7.24. The zero-order valence-electron chi connectivity index (χ0n) is 18.1. The van der Waals surface area contributed by atoms with E-state index in [0.717, 1.165) is 5.56 Å². The summed E-state index contributed by atoms with van der Waals surface area (Å²) < 4.78 is 0. The Labute approximate surface area is 201 Å². The summed E-state index contributed by atoms with van der Waals surface area (Å²) in [6, 6.07) is 10.2. The minimum atomic E-state index is -0.354. The minimum Gasteiger partial charge on any atom is -0.352 e. The number of carbonyl (C=O) groups is 3. The molecule has 0 atom stereocenters. The average molecular weight is 486 g/mol. The summed E-state index contributed by atoms with van der Waals surface area (Å²) in [6.45, 7) is 2.66. The maximum absolute atomic E-state index is 12.8. The summed E-state index contributed by atoms with van der Waals surface area (Å²) in [5.41, 5.74) is 1.93. The van der Waals surface area contributed by atoms with E-state index in [2.05, 4.69) is 20.6 Å². The topological polar surface area (TPSA) is 104 Å². The van der Waals surface area contributed by atoms with Crippen molar-refractivity contribution in [2.75, 3.05) is 18.4 Å². The standard InChI is InChI=1S/C23H24ClN5O3S/c1-2-10-29(22(32)17-5-7-18(24)8-6-17)14-21(31)28-23-27-19(15-33-23)11-20(30)26-13-16-4-3-9-25-12-16/h3-9,12,15H,2,10-11,13-14H2,1H3,(H,26,30)(H,27,28,31). The number of halogens is 1. The highest BCUT2D eigenvalue weighted by atomic mass is 35.5. The van der Waals surface area contributed by atoms with E-state index in [1.54, 1.807) is 42.0 Å². The van der Waals surface area contributed by atoms with E-state index in [1.165, 1.54) is 16.2 Å². The van der Waals surface area contributed by atoms with Gasteiger partial charge in [-0.25, -0.2) is 4.98 Å². The highest BCUT2D eigenvalue weighted by molar-refractivity contribution is 7.13. The molecule has 2 aromatic heterocycles. The van der Waals surface area contributed by atoms with Gasteiger partial charge in [0.25, 0.3) is 5.91 Å². The van der Waals surface area contributed by atoms with Gasteiger partial charge < -0.3 is 15.5 Å². The molecule has 0 bridgehead atoms. The molecule has 10 heteroatoms. The molecular formula is C23H24ClN5O3S. The number of benzene rings is 1. The predicted octanol–water partition coefficient (Wildman–Crippen LogP) is 3.54. The molecule has 0 radical (unpaired) electrons. The fourth-order valence-corrected chi connectivity index (χ4v) is 3.86. The Kier molecular flexibility index (Phi) is 8.91. The number of pyridine rings is 1. The number of nitrogens with one attached hydrogen (secondary N) is 2. The highest BCUT2D eigenvalue weighted by Gasteiger charge is 2.19. The van der Waals surface area contributed by atoms with Crippen molar-refractivity contribution in [2.24, 2.45) is 0 Å². The first-order valence-electron chi connectivity index (χ1n) is 10.4. The van der Waals surface area contributed by atoms with Crippen LogP contribution in [0.2, 0.25) is 5.02 Å². The van der Waals surface area contributed by atoms with Gasteiger partial charge in [-0.1, -0.05) is 24.6 Å². The number of anilines is 1. The molecular weight excluding hydrogens is 462 g/mol. The Balaban J connectivity index is 1.51. The van der Waals surface area contributed by atoms with Crippen LogP contribution >= 0.6 is 22.9 Å². The van der Waals surface area contributed by atoms with Crippen molar-refractivity contribution in [1.29, 1.82) is 0 Å². The maximum Gasteiger partial charge on any atom is 0.254 e. The van der Waals surface area contributed by atoms with E-state index in [-0.39, 0.29) is 30.7 Å². The van der Waals surface area contributed by atoms with E-state index < -0.39 is 0 Å². The Hall–Kier alpha value is -3.30. The first-order valence-corrected chi connectivity index (χ1v) is 11.6. The lowest BCUT2D eigenvalue weighted by atomic mass is 10.2. The van der Waals surface area contributed by atoms with Gasteiger partial charge in [-0.2, -0.15) is 0 Å². The van der Waals surface area contributed by atoms with Gasteiger partial charge >= 0.3 is 0 Å². The molecule has 0 aliphatic carbocycles. The van der Waals surface area contributed by atoms with Crippen molar-refractivity contribution in [3.63, 3.8) is 0 Å². The third kappa shape index (κ3) is 7.65. The molecule has 0 aliphatic heterocycles. The van der Waals surface area contributed by atoms with Crippen LogP contribution in [0.3, 0.4) is 0 Å². The first-order chi connectivity index (χ1) is 15.9. The Morgan fingerprint density at radius 2 is 1.91 bits per heavy atom. The molecule has 2 heterocycles. The molecule has 172 valence electrons. The lowest BCUT2D eigenvalue weighted by Gasteiger charge is -2.21. The Bertz CT molecular complexity index is 1090. The quantitative estimate of drug-likeness (QED) is 0.457. The summed E-state index contributed by atoms with van der Waals surface area (Å²) >= 11 is 7.12. The highest BCUT2D eigenvalue weighted by Crippen LogP contribution is 2.17. The number of amides is 3. The minimum absolute atomic E-state index is 0.101. The number of rotatable bonds is 10. The van der Waals surface area contributed by atoms with Crippen LogP contribution in [-0.2, 0) is 22.6 Å². The SMILES string of the molecule is CCCN(CC(=O)Nc1nc(CC(=O)NCc2cccnc2)cs1)C(=O)c1ccc(Cl)cc1. The fraction of sp³-hybridized carbons (Fsp3) is 0.261. The smallest absolute Gasteiger partial charge is 0.254 e. The first kappa shape index (κ1) is 24.3. The second-order valence-corrected chi connectivity index (χ2v) is 8.54. The molecule has 0 aliphatic rings. The van der Waals surface area contributed by atoms with Gasteiger partial charge in [-0.15, -0.1) is 11.3 Å². The lowest BCUT2D eigenvalue weighted by Crippen LogP contribution is -2.38. The third-order valence-corrected chi connectivity index (χ3v) is 5.62. The largest absolute Gasteiger partial charge is 0.352 e. The van der Waals surface area contributed by atoms with E-state index in [4.69, 9.17) is 11.6 Å². The monoisotopic (exact) mass is 485 g/mol. The molecule has 33 heavy (non-hydrogen) atoms. The Morgan fingerprint density at radius 3 is 2.61 bits per heavy atom. The number of thiazole rings is 1. The molecule has 3 amide bonds. The molecule has 0 spiro atoms. The number of hydrogen-bond acceptors (Lipinski definition) is 6. The maximum atomic E-state index is 12.8. The van der Waals surface area contributed by atoms with Crippen molar-refractivity contribution in [3.8, 4) is 0 Å². The van der Waals surface area contributed by atoms with Gasteiger partial charge in [-0.3, -0.25) is 19.4 Å². The average Bonchev–Trinajstić information content (AvgIpc) is 3.24. The van der Waals surface area contributed by atoms with Gasteiger partial charge in [-0.05, 0) is 42.3 Å². The van der Waals surface area contributed by atoms with Crippen molar-refractivity contribution in [3.05, 3.63) is 76.0 Å². The summed E-state index contributed by atoms with van der Waals surface area (Å²) in [4.78, 5) is 47.3. The van der Waals surface area contributed by atoms with Crippen LogP contribution < -0.4 is 10.6 Å². The lowest BCUT2D eigenvalue weighted by molar-refractivity contribution is -0.120. The van der Waals surface area contributed by atoms with Crippen molar-refractivity contribution < 1.29 is 14.4 Å². The van der Waals surface area contributed by atoms with Crippen LogP contribution in [0.4, 0.5) is 5.13 Å². The van der Waals surface area contributed by atoms with E-state index in [0.29, 0.717) is 40.9 Å². The normalized spacial score (nSPS) is 10.5. The fourth-order valence-electron chi connectivity index (χ4n) is 3.01. The molecule has 1 aromatic carbocycles. The van der Waals surface area contributed by atoms with Gasteiger partial charge in [0.2, 0.25) is 11.8 Å². The van der Waals surface area contributed by atoms with E-state index in [9.17, 15) is 14.4 Å². The summed E-state index contributed by atoms with van der Waals surface area (Å²) in [6.07, 6.45) is 4.17. The Morgan fingerprint density at radius 1 is 1.12 bits per heavy atom. The molecule has 2 N–H and O–H groups in total. The summed E-state index contributed by atoms with van der Waals surface area (Å²) in [7, 11) is 0. The molecule has 8 nitrogen and oxygen atoms in total. The van der Waals surface area contributed by atoms with Crippen LogP contribution in [0, 0.1) is 0 Å². The predicted molar refractivity (Wildman–Crippen MR) is 128 cm³/mol. The van der Waals surface area contributed by atoms with E-state index in [1.807, 2.05) is 19.1 Å².